The highest BCUT2D eigenvalue weighted by molar-refractivity contribution is 5.76. The minimum absolute atomic E-state index is 0.0301. The first-order chi connectivity index (χ1) is 15.1. The van der Waals surface area contributed by atoms with E-state index in [1.165, 1.54) is 18.4 Å². The lowest BCUT2D eigenvalue weighted by Crippen LogP contribution is -2.65. The highest BCUT2D eigenvalue weighted by Gasteiger charge is 2.69. The molecule has 0 heterocycles. The SMILES string of the molecule is CC1(C)CC[C@@]2(C(=O)O)CC[C@]3(C)C(=CC[C@@H]4[C@@]5(C)CC[C@H](O)C(C)(C)[C@@H]5CC[C@]43C)[C@@H]2C1. The van der Waals surface area contributed by atoms with E-state index in [9.17, 15) is 15.0 Å². The van der Waals surface area contributed by atoms with Gasteiger partial charge < -0.3 is 10.2 Å². The van der Waals surface area contributed by atoms with Gasteiger partial charge in [-0.05, 0) is 109 Å². The van der Waals surface area contributed by atoms with E-state index in [2.05, 4.69) is 54.5 Å². The molecule has 0 spiro atoms. The molecule has 186 valence electrons. The van der Waals surface area contributed by atoms with Gasteiger partial charge in [-0.15, -0.1) is 0 Å². The number of carboxylic acid groups (broad SMARTS) is 1. The molecule has 4 fully saturated rings. The third-order valence-corrected chi connectivity index (χ3v) is 13.0. The first kappa shape index (κ1) is 23.9. The molecule has 3 nitrogen and oxygen atoms in total. The second-order valence-electron chi connectivity index (χ2n) is 15.1. The lowest BCUT2D eigenvalue weighted by atomic mass is 9.33. The Morgan fingerprint density at radius 2 is 1.55 bits per heavy atom. The van der Waals surface area contributed by atoms with Gasteiger partial charge in [-0.1, -0.05) is 60.1 Å². The van der Waals surface area contributed by atoms with Gasteiger partial charge in [0.25, 0.3) is 0 Å². The molecule has 0 bridgehead atoms. The fraction of sp³-hybridized carbons (Fsp3) is 0.900. The zero-order valence-corrected chi connectivity index (χ0v) is 22.3. The second-order valence-corrected chi connectivity index (χ2v) is 15.1. The van der Waals surface area contributed by atoms with Crippen LogP contribution in [0.2, 0.25) is 0 Å². The summed E-state index contributed by atoms with van der Waals surface area (Å²) in [6.07, 6.45) is 12.6. The molecule has 0 saturated heterocycles. The predicted molar refractivity (Wildman–Crippen MR) is 133 cm³/mol. The quantitative estimate of drug-likeness (QED) is 0.409. The van der Waals surface area contributed by atoms with Crippen LogP contribution in [0, 0.1) is 50.2 Å². The average molecular weight is 457 g/mol. The number of allylic oxidation sites excluding steroid dienone is 2. The Balaban J connectivity index is 1.60. The summed E-state index contributed by atoms with van der Waals surface area (Å²) in [5.74, 6) is 0.807. The average Bonchev–Trinajstić information content (AvgIpc) is 2.71. The van der Waals surface area contributed by atoms with Crippen LogP contribution in [-0.4, -0.2) is 22.3 Å². The number of carbonyl (C=O) groups is 1. The maximum atomic E-state index is 12.8. The monoisotopic (exact) mass is 456 g/mol. The van der Waals surface area contributed by atoms with E-state index in [1.54, 1.807) is 0 Å². The fourth-order valence-electron chi connectivity index (χ4n) is 10.6. The number of rotatable bonds is 1. The molecule has 2 N–H and O–H groups in total. The Morgan fingerprint density at radius 3 is 2.21 bits per heavy atom. The molecule has 8 atom stereocenters. The van der Waals surface area contributed by atoms with Crippen molar-refractivity contribution in [3.8, 4) is 0 Å². The third kappa shape index (κ3) is 2.87. The van der Waals surface area contributed by atoms with E-state index >= 15 is 0 Å². The highest BCUT2D eigenvalue weighted by atomic mass is 16.4. The third-order valence-electron chi connectivity index (χ3n) is 13.0. The lowest BCUT2D eigenvalue weighted by Gasteiger charge is -2.71. The number of carboxylic acids is 1. The van der Waals surface area contributed by atoms with Gasteiger partial charge in [0.2, 0.25) is 0 Å². The van der Waals surface area contributed by atoms with Crippen molar-refractivity contribution in [2.75, 3.05) is 0 Å². The van der Waals surface area contributed by atoms with Crippen LogP contribution in [0.15, 0.2) is 11.6 Å². The Labute approximate surface area is 201 Å². The van der Waals surface area contributed by atoms with Crippen LogP contribution in [0.5, 0.6) is 0 Å². The molecule has 0 radical (unpaired) electrons. The summed E-state index contributed by atoms with van der Waals surface area (Å²) in [4.78, 5) is 12.8. The van der Waals surface area contributed by atoms with Crippen LogP contribution >= 0.6 is 0 Å². The largest absolute Gasteiger partial charge is 0.481 e. The van der Waals surface area contributed by atoms with Crippen molar-refractivity contribution in [2.24, 2.45) is 50.2 Å². The van der Waals surface area contributed by atoms with Crippen molar-refractivity contribution in [1.29, 1.82) is 0 Å². The van der Waals surface area contributed by atoms with Gasteiger partial charge in [0.1, 0.15) is 0 Å². The van der Waals surface area contributed by atoms with Gasteiger partial charge in [0.05, 0.1) is 11.5 Å². The van der Waals surface area contributed by atoms with Crippen molar-refractivity contribution in [2.45, 2.75) is 119 Å². The van der Waals surface area contributed by atoms with Gasteiger partial charge in [-0.25, -0.2) is 0 Å². The Kier molecular flexibility index (Phi) is 4.99. The lowest BCUT2D eigenvalue weighted by molar-refractivity contribution is -0.205. The van der Waals surface area contributed by atoms with Crippen molar-refractivity contribution in [3.05, 3.63) is 11.6 Å². The van der Waals surface area contributed by atoms with Crippen molar-refractivity contribution in [3.63, 3.8) is 0 Å². The number of hydrogen-bond acceptors (Lipinski definition) is 2. The minimum atomic E-state index is -0.553. The van der Waals surface area contributed by atoms with E-state index in [4.69, 9.17) is 0 Å². The Morgan fingerprint density at radius 1 is 0.879 bits per heavy atom. The van der Waals surface area contributed by atoms with Crippen molar-refractivity contribution in [1.82, 2.24) is 0 Å². The smallest absolute Gasteiger partial charge is 0.310 e. The first-order valence-corrected chi connectivity index (χ1v) is 13.8. The van der Waals surface area contributed by atoms with Gasteiger partial charge in [-0.2, -0.15) is 0 Å². The van der Waals surface area contributed by atoms with Crippen LogP contribution in [-0.2, 0) is 4.79 Å². The van der Waals surface area contributed by atoms with Gasteiger partial charge in [0, 0.05) is 0 Å². The summed E-state index contributed by atoms with van der Waals surface area (Å²) >= 11 is 0. The molecular formula is C30H48O3. The maximum absolute atomic E-state index is 12.8. The van der Waals surface area contributed by atoms with Crippen LogP contribution in [0.4, 0.5) is 0 Å². The predicted octanol–water partition coefficient (Wildman–Crippen LogP) is 7.23. The van der Waals surface area contributed by atoms with Crippen LogP contribution in [0.3, 0.4) is 0 Å². The Hall–Kier alpha value is -0.830. The van der Waals surface area contributed by atoms with Gasteiger partial charge in [0.15, 0.2) is 0 Å². The van der Waals surface area contributed by atoms with E-state index in [-0.39, 0.29) is 39.1 Å². The number of aliphatic carboxylic acids is 1. The number of aliphatic hydroxyl groups is 1. The summed E-state index contributed by atoms with van der Waals surface area (Å²) in [6.45, 7) is 16.9. The molecule has 5 aliphatic rings. The van der Waals surface area contributed by atoms with Crippen molar-refractivity contribution < 1.29 is 15.0 Å². The summed E-state index contributed by atoms with van der Waals surface area (Å²) < 4.78 is 0. The van der Waals surface area contributed by atoms with Gasteiger partial charge >= 0.3 is 5.97 Å². The molecule has 3 heteroatoms. The van der Waals surface area contributed by atoms with E-state index in [0.29, 0.717) is 11.8 Å². The van der Waals surface area contributed by atoms with E-state index < -0.39 is 11.4 Å². The van der Waals surface area contributed by atoms with Crippen LogP contribution < -0.4 is 0 Å². The number of fused-ring (bicyclic) bond motifs is 7. The van der Waals surface area contributed by atoms with Gasteiger partial charge in [-0.3, -0.25) is 4.79 Å². The van der Waals surface area contributed by atoms with E-state index in [0.717, 1.165) is 51.4 Å². The highest BCUT2D eigenvalue weighted by Crippen LogP contribution is 2.75. The summed E-state index contributed by atoms with van der Waals surface area (Å²) in [5.41, 5.74) is 1.68. The zero-order valence-electron chi connectivity index (χ0n) is 22.3. The zero-order chi connectivity index (χ0) is 24.2. The molecule has 0 amide bonds. The maximum Gasteiger partial charge on any atom is 0.310 e. The normalized spacial score (nSPS) is 52.4. The molecule has 5 rings (SSSR count). The molecule has 0 unspecified atom stereocenters. The molecule has 0 aromatic rings. The molecule has 0 aromatic heterocycles. The standard InChI is InChI=1S/C30H48O3/c1-25(2)14-16-30(24(32)33)17-15-28(6)19(20(30)18-25)8-9-22-27(5)12-11-23(31)26(3,4)21(27)10-13-29(22,28)7/h8,20-23,31H,9-18H2,1-7H3,(H,32,33)/t20-,21-,22+,23-,27-,28+,29+,30+/m0/s1. The van der Waals surface area contributed by atoms with Crippen molar-refractivity contribution >= 4 is 5.97 Å². The molecule has 0 aliphatic heterocycles. The van der Waals surface area contributed by atoms with Crippen LogP contribution in [0.1, 0.15) is 113 Å². The molecule has 0 aromatic carbocycles. The molecule has 4 saturated carbocycles. The molecule has 5 aliphatic carbocycles. The molecule has 33 heavy (non-hydrogen) atoms. The second kappa shape index (κ2) is 6.89. The fourth-order valence-corrected chi connectivity index (χ4v) is 10.6. The Bertz CT molecular complexity index is 885. The minimum Gasteiger partial charge on any atom is -0.481 e. The number of aliphatic hydroxyl groups excluding tert-OH is 1. The first-order valence-electron chi connectivity index (χ1n) is 13.8. The number of hydrogen-bond donors (Lipinski definition) is 2. The molecular weight excluding hydrogens is 408 g/mol. The summed E-state index contributed by atoms with van der Waals surface area (Å²) in [5, 5.41) is 21.4. The summed E-state index contributed by atoms with van der Waals surface area (Å²) in [7, 11) is 0. The van der Waals surface area contributed by atoms with Crippen LogP contribution in [0.25, 0.3) is 0 Å². The topological polar surface area (TPSA) is 57.5 Å². The van der Waals surface area contributed by atoms with E-state index in [1.807, 2.05) is 0 Å². The summed E-state index contributed by atoms with van der Waals surface area (Å²) in [6, 6.07) is 0.